The Hall–Kier alpha value is -0.860. The molecule has 1 aromatic rings. The van der Waals surface area contributed by atoms with Gasteiger partial charge in [0.1, 0.15) is 0 Å². The molecular formula is C12H19NO. The normalized spacial score (nSPS) is 12.8. The number of nitrogens with one attached hydrogen (secondary N) is 1. The van der Waals surface area contributed by atoms with Gasteiger partial charge in [0.25, 0.3) is 0 Å². The van der Waals surface area contributed by atoms with Gasteiger partial charge in [-0.3, -0.25) is 0 Å². The van der Waals surface area contributed by atoms with Crippen LogP contribution in [-0.2, 0) is 11.3 Å². The summed E-state index contributed by atoms with van der Waals surface area (Å²) in [6.45, 7) is 5.90. The molecular weight excluding hydrogens is 174 g/mol. The Balaban J connectivity index is 2.37. The van der Waals surface area contributed by atoms with E-state index in [0.717, 1.165) is 13.2 Å². The third-order valence-electron chi connectivity index (χ3n) is 2.15. The van der Waals surface area contributed by atoms with Crippen LogP contribution < -0.4 is 5.32 Å². The van der Waals surface area contributed by atoms with E-state index in [4.69, 9.17) is 4.74 Å². The van der Waals surface area contributed by atoms with Gasteiger partial charge in [-0.15, -0.1) is 0 Å². The van der Waals surface area contributed by atoms with E-state index in [2.05, 4.69) is 43.4 Å². The molecule has 0 saturated heterocycles. The lowest BCUT2D eigenvalue weighted by Crippen LogP contribution is -2.29. The minimum absolute atomic E-state index is 0.403. The van der Waals surface area contributed by atoms with Crippen LogP contribution in [0.2, 0.25) is 0 Å². The van der Waals surface area contributed by atoms with Crippen LogP contribution in [0.3, 0.4) is 0 Å². The van der Waals surface area contributed by atoms with E-state index >= 15 is 0 Å². The van der Waals surface area contributed by atoms with Crippen LogP contribution in [0.15, 0.2) is 24.3 Å². The quantitative estimate of drug-likeness (QED) is 0.773. The Morgan fingerprint density at radius 2 is 2.21 bits per heavy atom. The molecule has 1 N–H and O–H groups in total. The molecule has 0 aliphatic heterocycles. The van der Waals surface area contributed by atoms with E-state index in [-0.39, 0.29) is 0 Å². The highest BCUT2D eigenvalue weighted by Gasteiger charge is 1.99. The van der Waals surface area contributed by atoms with Crippen LogP contribution in [-0.4, -0.2) is 19.8 Å². The highest BCUT2D eigenvalue weighted by molar-refractivity contribution is 5.21. The van der Waals surface area contributed by atoms with E-state index < -0.39 is 0 Å². The van der Waals surface area contributed by atoms with Gasteiger partial charge in [0, 0.05) is 19.7 Å². The van der Waals surface area contributed by atoms with Gasteiger partial charge in [-0.25, -0.2) is 0 Å². The largest absolute Gasteiger partial charge is 0.383 e. The van der Waals surface area contributed by atoms with Gasteiger partial charge in [-0.1, -0.05) is 29.8 Å². The molecule has 2 heteroatoms. The fourth-order valence-electron chi connectivity index (χ4n) is 1.42. The summed E-state index contributed by atoms with van der Waals surface area (Å²) in [4.78, 5) is 0. The second kappa shape index (κ2) is 5.78. The monoisotopic (exact) mass is 193 g/mol. The van der Waals surface area contributed by atoms with Gasteiger partial charge in [0.15, 0.2) is 0 Å². The Bertz CT molecular complexity index is 273. The number of aryl methyl sites for hydroxylation is 1. The lowest BCUT2D eigenvalue weighted by molar-refractivity contribution is 0.171. The van der Waals surface area contributed by atoms with Crippen molar-refractivity contribution in [2.24, 2.45) is 0 Å². The van der Waals surface area contributed by atoms with Gasteiger partial charge < -0.3 is 10.1 Å². The van der Waals surface area contributed by atoms with Crippen molar-refractivity contribution in [1.29, 1.82) is 0 Å². The summed E-state index contributed by atoms with van der Waals surface area (Å²) in [6.07, 6.45) is 0. The number of ether oxygens (including phenoxy) is 1. The predicted octanol–water partition coefficient (Wildman–Crippen LogP) is 2.12. The van der Waals surface area contributed by atoms with Crippen LogP contribution in [0.1, 0.15) is 18.1 Å². The number of benzene rings is 1. The minimum atomic E-state index is 0.403. The smallest absolute Gasteiger partial charge is 0.0613 e. The molecule has 1 atom stereocenters. The van der Waals surface area contributed by atoms with Gasteiger partial charge in [-0.2, -0.15) is 0 Å². The van der Waals surface area contributed by atoms with Crippen molar-refractivity contribution in [3.8, 4) is 0 Å². The Morgan fingerprint density at radius 1 is 1.43 bits per heavy atom. The molecule has 0 heterocycles. The van der Waals surface area contributed by atoms with Gasteiger partial charge in [0.2, 0.25) is 0 Å². The Morgan fingerprint density at radius 3 is 2.86 bits per heavy atom. The number of hydrogen-bond donors (Lipinski definition) is 1. The third-order valence-corrected chi connectivity index (χ3v) is 2.15. The van der Waals surface area contributed by atoms with Gasteiger partial charge in [0.05, 0.1) is 6.61 Å². The molecule has 0 fully saturated rings. The summed E-state index contributed by atoms with van der Waals surface area (Å²) in [5.74, 6) is 0. The van der Waals surface area contributed by atoms with Gasteiger partial charge >= 0.3 is 0 Å². The molecule has 0 unspecified atom stereocenters. The fraction of sp³-hybridized carbons (Fsp3) is 0.500. The molecule has 0 aliphatic rings. The minimum Gasteiger partial charge on any atom is -0.383 e. The average molecular weight is 193 g/mol. The summed E-state index contributed by atoms with van der Waals surface area (Å²) in [7, 11) is 1.73. The highest BCUT2D eigenvalue weighted by Crippen LogP contribution is 2.03. The van der Waals surface area contributed by atoms with Crippen molar-refractivity contribution < 1.29 is 4.74 Å². The summed E-state index contributed by atoms with van der Waals surface area (Å²) >= 11 is 0. The zero-order chi connectivity index (χ0) is 10.4. The fourth-order valence-corrected chi connectivity index (χ4v) is 1.42. The van der Waals surface area contributed by atoms with Crippen LogP contribution in [0, 0.1) is 6.92 Å². The summed E-state index contributed by atoms with van der Waals surface area (Å²) in [5, 5.41) is 3.40. The number of rotatable bonds is 5. The first-order chi connectivity index (χ1) is 6.72. The molecule has 1 rings (SSSR count). The van der Waals surface area contributed by atoms with E-state index in [9.17, 15) is 0 Å². The molecule has 0 aliphatic carbocycles. The first-order valence-electron chi connectivity index (χ1n) is 5.00. The second-order valence-corrected chi connectivity index (χ2v) is 3.73. The van der Waals surface area contributed by atoms with Crippen LogP contribution in [0.25, 0.3) is 0 Å². The van der Waals surface area contributed by atoms with E-state index in [0.29, 0.717) is 6.04 Å². The molecule has 0 amide bonds. The maximum atomic E-state index is 5.05. The van der Waals surface area contributed by atoms with Crippen molar-refractivity contribution in [2.75, 3.05) is 13.7 Å². The lowest BCUT2D eigenvalue weighted by atomic mass is 10.1. The second-order valence-electron chi connectivity index (χ2n) is 3.73. The van der Waals surface area contributed by atoms with Crippen LogP contribution in [0.5, 0.6) is 0 Å². The first-order valence-corrected chi connectivity index (χ1v) is 5.00. The molecule has 14 heavy (non-hydrogen) atoms. The highest BCUT2D eigenvalue weighted by atomic mass is 16.5. The number of hydrogen-bond acceptors (Lipinski definition) is 2. The zero-order valence-electron chi connectivity index (χ0n) is 9.21. The van der Waals surface area contributed by atoms with Crippen molar-refractivity contribution >= 4 is 0 Å². The van der Waals surface area contributed by atoms with Crippen LogP contribution in [0.4, 0.5) is 0 Å². The van der Waals surface area contributed by atoms with E-state index in [1.165, 1.54) is 11.1 Å². The van der Waals surface area contributed by atoms with Crippen molar-refractivity contribution in [2.45, 2.75) is 26.4 Å². The molecule has 1 aromatic carbocycles. The predicted molar refractivity (Wildman–Crippen MR) is 59.4 cm³/mol. The van der Waals surface area contributed by atoms with Crippen molar-refractivity contribution in [1.82, 2.24) is 5.32 Å². The van der Waals surface area contributed by atoms with E-state index in [1.54, 1.807) is 7.11 Å². The zero-order valence-corrected chi connectivity index (χ0v) is 9.21. The van der Waals surface area contributed by atoms with Crippen LogP contribution >= 0.6 is 0 Å². The van der Waals surface area contributed by atoms with Gasteiger partial charge in [-0.05, 0) is 19.4 Å². The average Bonchev–Trinajstić information content (AvgIpc) is 2.15. The Labute approximate surface area is 86.3 Å². The molecule has 0 spiro atoms. The molecule has 78 valence electrons. The molecule has 0 bridgehead atoms. The maximum Gasteiger partial charge on any atom is 0.0613 e. The summed E-state index contributed by atoms with van der Waals surface area (Å²) < 4.78 is 5.05. The molecule has 0 radical (unpaired) electrons. The first kappa shape index (κ1) is 11.2. The summed E-state index contributed by atoms with van der Waals surface area (Å²) in [5.41, 5.74) is 2.64. The molecule has 2 nitrogen and oxygen atoms in total. The third kappa shape index (κ3) is 3.90. The van der Waals surface area contributed by atoms with E-state index in [1.807, 2.05) is 0 Å². The number of methoxy groups -OCH3 is 1. The standard InChI is InChI=1S/C12H19NO/c1-10-5-4-6-12(7-10)8-13-11(2)9-14-3/h4-7,11,13H,8-9H2,1-3H3/t11-/m0/s1. The lowest BCUT2D eigenvalue weighted by Gasteiger charge is -2.12. The molecule has 0 aromatic heterocycles. The SMILES string of the molecule is COC[C@H](C)NCc1cccc(C)c1. The van der Waals surface area contributed by atoms with Crippen molar-refractivity contribution in [3.05, 3.63) is 35.4 Å². The topological polar surface area (TPSA) is 21.3 Å². The molecule has 0 saturated carbocycles. The summed E-state index contributed by atoms with van der Waals surface area (Å²) in [6, 6.07) is 8.95. The maximum absolute atomic E-state index is 5.05. The Kier molecular flexibility index (Phi) is 4.63. The van der Waals surface area contributed by atoms with Crippen molar-refractivity contribution in [3.63, 3.8) is 0 Å².